The lowest BCUT2D eigenvalue weighted by atomic mass is 9.97. The third-order valence-electron chi connectivity index (χ3n) is 5.53. The van der Waals surface area contributed by atoms with Gasteiger partial charge in [0.15, 0.2) is 0 Å². The number of halogens is 3. The van der Waals surface area contributed by atoms with E-state index in [2.05, 4.69) is 26.7 Å². The highest BCUT2D eigenvalue weighted by atomic mass is 32.2. The van der Waals surface area contributed by atoms with Crippen LogP contribution in [-0.2, 0) is 19.3 Å². The molecule has 2 aromatic heterocycles. The number of rotatable bonds is 4. The summed E-state index contributed by atoms with van der Waals surface area (Å²) >= 11 is 1.59. The van der Waals surface area contributed by atoms with E-state index in [1.807, 2.05) is 44.9 Å². The van der Waals surface area contributed by atoms with Gasteiger partial charge >= 0.3 is 6.18 Å². The number of thioether (sulfide) groups is 1. The Balaban J connectivity index is 0.00000141. The highest BCUT2D eigenvalue weighted by Crippen LogP contribution is 2.40. The van der Waals surface area contributed by atoms with E-state index in [1.54, 1.807) is 11.8 Å². The Bertz CT molecular complexity index is 1080. The van der Waals surface area contributed by atoms with Gasteiger partial charge in [-0.1, -0.05) is 27.7 Å². The zero-order valence-corrected chi connectivity index (χ0v) is 19.8. The lowest BCUT2D eigenvalue weighted by Gasteiger charge is -2.39. The number of fused-ring (bicyclic) bond motifs is 3. The molecule has 3 heterocycles. The van der Waals surface area contributed by atoms with Crippen molar-refractivity contribution in [1.29, 1.82) is 0 Å². The van der Waals surface area contributed by atoms with Gasteiger partial charge in [0.1, 0.15) is 5.69 Å². The SMILES string of the molecule is CC.CSc1cc2c(cc1CO)cc1n2CCN(c2nccc(C(F)(F)F)n2)C1C(C)C. The summed E-state index contributed by atoms with van der Waals surface area (Å²) in [6, 6.07) is 6.89. The van der Waals surface area contributed by atoms with Crippen molar-refractivity contribution in [2.75, 3.05) is 17.7 Å². The Labute approximate surface area is 190 Å². The van der Waals surface area contributed by atoms with Crippen LogP contribution in [0.1, 0.15) is 50.7 Å². The Morgan fingerprint density at radius 1 is 1.19 bits per heavy atom. The number of aliphatic hydroxyl groups excluding tert-OH is 1. The van der Waals surface area contributed by atoms with E-state index in [1.165, 1.54) is 6.20 Å². The summed E-state index contributed by atoms with van der Waals surface area (Å²) in [5.41, 5.74) is 2.03. The molecular weight excluding hydrogens is 437 g/mol. The summed E-state index contributed by atoms with van der Waals surface area (Å²) in [6.45, 7) is 9.19. The van der Waals surface area contributed by atoms with Crippen LogP contribution >= 0.6 is 11.8 Å². The molecule has 0 saturated heterocycles. The van der Waals surface area contributed by atoms with E-state index < -0.39 is 11.9 Å². The van der Waals surface area contributed by atoms with Gasteiger partial charge in [-0.3, -0.25) is 0 Å². The van der Waals surface area contributed by atoms with Crippen LogP contribution in [0.2, 0.25) is 0 Å². The quantitative estimate of drug-likeness (QED) is 0.485. The minimum absolute atomic E-state index is 0.0373. The Kier molecular flexibility index (Phi) is 7.39. The molecule has 4 rings (SSSR count). The standard InChI is InChI=1S/C21H23F3N4OS.C2H6/c1-12(2)19-16-9-13-8-14(11-29)17(30-3)10-15(13)27(16)6-7-28(19)20-25-5-4-18(26-20)21(22,23)24;1-2/h4-5,8-10,12,19,29H,6-7,11H2,1-3H3;1-2H3. The van der Waals surface area contributed by atoms with Crippen LogP contribution < -0.4 is 4.90 Å². The fourth-order valence-electron chi connectivity index (χ4n) is 4.24. The van der Waals surface area contributed by atoms with Gasteiger partial charge in [0, 0.05) is 40.8 Å². The van der Waals surface area contributed by atoms with E-state index in [0.717, 1.165) is 33.1 Å². The second-order valence-electron chi connectivity index (χ2n) is 7.72. The molecule has 1 aliphatic heterocycles. The molecule has 0 fully saturated rings. The molecule has 0 radical (unpaired) electrons. The van der Waals surface area contributed by atoms with E-state index in [0.29, 0.717) is 13.1 Å². The van der Waals surface area contributed by atoms with Crippen LogP contribution in [0.15, 0.2) is 35.4 Å². The minimum Gasteiger partial charge on any atom is -0.392 e. The predicted octanol–water partition coefficient (Wildman–Crippen LogP) is 5.91. The van der Waals surface area contributed by atoms with Crippen LogP contribution in [0.5, 0.6) is 0 Å². The number of hydrogen-bond acceptors (Lipinski definition) is 5. The fourth-order valence-corrected chi connectivity index (χ4v) is 4.86. The molecule has 0 saturated carbocycles. The monoisotopic (exact) mass is 466 g/mol. The topological polar surface area (TPSA) is 54.2 Å². The van der Waals surface area contributed by atoms with Crippen LogP contribution in [0, 0.1) is 5.92 Å². The van der Waals surface area contributed by atoms with Crippen molar-refractivity contribution >= 4 is 28.6 Å². The lowest BCUT2D eigenvalue weighted by molar-refractivity contribution is -0.141. The largest absolute Gasteiger partial charge is 0.433 e. The van der Waals surface area contributed by atoms with Gasteiger partial charge in [-0.25, -0.2) is 9.97 Å². The molecule has 0 amide bonds. The molecule has 1 aliphatic rings. The summed E-state index contributed by atoms with van der Waals surface area (Å²) in [5.74, 6) is 0.227. The van der Waals surface area contributed by atoms with E-state index >= 15 is 0 Å². The second kappa shape index (κ2) is 9.70. The van der Waals surface area contributed by atoms with Gasteiger partial charge in [-0.05, 0) is 42.0 Å². The first-order valence-electron chi connectivity index (χ1n) is 10.7. The Morgan fingerprint density at radius 2 is 1.91 bits per heavy atom. The number of alkyl halides is 3. The number of aliphatic hydroxyl groups is 1. The highest BCUT2D eigenvalue weighted by molar-refractivity contribution is 7.98. The van der Waals surface area contributed by atoms with Crippen LogP contribution in [0.3, 0.4) is 0 Å². The molecule has 32 heavy (non-hydrogen) atoms. The molecule has 1 unspecified atom stereocenters. The zero-order chi connectivity index (χ0) is 23.6. The summed E-state index contributed by atoms with van der Waals surface area (Å²) in [6.07, 6.45) is -1.36. The third kappa shape index (κ3) is 4.45. The van der Waals surface area contributed by atoms with Crippen molar-refractivity contribution in [3.8, 4) is 0 Å². The van der Waals surface area contributed by atoms with Gasteiger partial charge in [0.05, 0.1) is 12.6 Å². The minimum atomic E-state index is -4.51. The molecule has 1 N–H and O–H groups in total. The summed E-state index contributed by atoms with van der Waals surface area (Å²) in [7, 11) is 0. The molecule has 174 valence electrons. The third-order valence-corrected chi connectivity index (χ3v) is 6.35. The number of hydrogen-bond donors (Lipinski definition) is 1. The molecule has 1 atom stereocenters. The molecule has 3 aromatic rings. The maximum atomic E-state index is 13.2. The van der Waals surface area contributed by atoms with E-state index in [4.69, 9.17) is 0 Å². The molecule has 9 heteroatoms. The smallest absolute Gasteiger partial charge is 0.392 e. The van der Waals surface area contributed by atoms with E-state index in [9.17, 15) is 18.3 Å². The van der Waals surface area contributed by atoms with Gasteiger partial charge < -0.3 is 14.6 Å². The average Bonchev–Trinajstić information content (AvgIpc) is 3.15. The molecule has 0 spiro atoms. The fraction of sp³-hybridized carbons (Fsp3) is 0.478. The first kappa shape index (κ1) is 24.4. The molecule has 1 aromatic carbocycles. The maximum absolute atomic E-state index is 13.2. The van der Waals surface area contributed by atoms with Crippen molar-refractivity contribution in [2.45, 2.75) is 58.0 Å². The maximum Gasteiger partial charge on any atom is 0.433 e. The lowest BCUT2D eigenvalue weighted by Crippen LogP contribution is -2.41. The average molecular weight is 467 g/mol. The van der Waals surface area contributed by atoms with Gasteiger partial charge in [0.2, 0.25) is 5.95 Å². The first-order valence-corrected chi connectivity index (χ1v) is 11.9. The molecular formula is C23H29F3N4OS. The van der Waals surface area contributed by atoms with E-state index in [-0.39, 0.29) is 24.5 Å². The number of benzene rings is 1. The van der Waals surface area contributed by atoms with Gasteiger partial charge in [0.25, 0.3) is 0 Å². The van der Waals surface area contributed by atoms with Crippen molar-refractivity contribution < 1.29 is 18.3 Å². The summed E-state index contributed by atoms with van der Waals surface area (Å²) in [4.78, 5) is 10.9. The van der Waals surface area contributed by atoms with Crippen molar-refractivity contribution in [2.24, 2.45) is 5.92 Å². The van der Waals surface area contributed by atoms with Crippen LogP contribution in [0.4, 0.5) is 19.1 Å². The zero-order valence-electron chi connectivity index (χ0n) is 18.9. The summed E-state index contributed by atoms with van der Waals surface area (Å²) < 4.78 is 41.8. The Morgan fingerprint density at radius 3 is 2.50 bits per heavy atom. The number of aromatic nitrogens is 3. The Hall–Kier alpha value is -2.26. The predicted molar refractivity (Wildman–Crippen MR) is 123 cm³/mol. The second-order valence-corrected chi connectivity index (χ2v) is 8.57. The first-order chi connectivity index (χ1) is 15.2. The highest BCUT2D eigenvalue weighted by Gasteiger charge is 2.36. The molecule has 0 bridgehead atoms. The van der Waals surface area contributed by atoms with Crippen molar-refractivity contribution in [1.82, 2.24) is 14.5 Å². The number of nitrogens with zero attached hydrogens (tertiary/aromatic N) is 4. The molecule has 5 nitrogen and oxygen atoms in total. The van der Waals surface area contributed by atoms with Crippen LogP contribution in [0.25, 0.3) is 10.9 Å². The number of anilines is 1. The van der Waals surface area contributed by atoms with Crippen molar-refractivity contribution in [3.63, 3.8) is 0 Å². The van der Waals surface area contributed by atoms with Crippen LogP contribution in [-0.4, -0.2) is 32.4 Å². The summed E-state index contributed by atoms with van der Waals surface area (Å²) in [5, 5.41) is 10.7. The normalized spacial score (nSPS) is 16.2. The van der Waals surface area contributed by atoms with Gasteiger partial charge in [-0.15, -0.1) is 11.8 Å². The molecule has 0 aliphatic carbocycles. The van der Waals surface area contributed by atoms with Gasteiger partial charge in [-0.2, -0.15) is 13.2 Å². The van der Waals surface area contributed by atoms with Crippen molar-refractivity contribution in [3.05, 3.63) is 47.4 Å².